The molecule has 1 aliphatic rings. The monoisotopic (exact) mass is 397 g/mol. The molecule has 0 aromatic heterocycles. The number of primary amides is 1. The molecule has 3 rings (SSSR count). The Kier molecular flexibility index (Phi) is 6.39. The predicted octanol–water partition coefficient (Wildman–Crippen LogP) is 1.97. The number of benzene rings is 2. The topological polar surface area (TPSA) is 85.1 Å². The fraction of sp³-hybridized carbons (Fsp3) is 0.364. The molecule has 1 heterocycles. The summed E-state index contributed by atoms with van der Waals surface area (Å²) in [6.07, 6.45) is -0.227. The van der Waals surface area contributed by atoms with Crippen molar-refractivity contribution in [2.75, 3.05) is 38.9 Å². The van der Waals surface area contributed by atoms with Crippen molar-refractivity contribution in [1.82, 2.24) is 4.90 Å². The lowest BCUT2D eigenvalue weighted by atomic mass is 10.1. The maximum Gasteiger partial charge on any atom is 0.257 e. The van der Waals surface area contributed by atoms with Crippen molar-refractivity contribution in [1.29, 1.82) is 0 Å². The molecule has 7 heteroatoms. The Hall–Kier alpha value is -3.06. The van der Waals surface area contributed by atoms with Gasteiger partial charge in [-0.1, -0.05) is 23.8 Å². The third-order valence-corrected chi connectivity index (χ3v) is 5.04. The number of ether oxygens (including phenoxy) is 2. The van der Waals surface area contributed by atoms with Crippen LogP contribution in [0.25, 0.3) is 0 Å². The number of methoxy groups -OCH3 is 1. The lowest BCUT2D eigenvalue weighted by Crippen LogP contribution is -2.46. The van der Waals surface area contributed by atoms with Crippen LogP contribution in [-0.2, 0) is 16.0 Å². The van der Waals surface area contributed by atoms with E-state index in [1.54, 1.807) is 4.90 Å². The Morgan fingerprint density at radius 3 is 2.59 bits per heavy atom. The third kappa shape index (κ3) is 4.86. The van der Waals surface area contributed by atoms with Gasteiger partial charge in [-0.3, -0.25) is 9.59 Å². The van der Waals surface area contributed by atoms with E-state index in [1.807, 2.05) is 56.4 Å². The number of carbonyl (C=O) groups is 2. The molecule has 0 radical (unpaired) electrons. The van der Waals surface area contributed by atoms with Gasteiger partial charge in [0.25, 0.3) is 5.91 Å². The van der Waals surface area contributed by atoms with E-state index in [0.717, 1.165) is 22.4 Å². The number of carbonyl (C=O) groups excluding carboxylic acids is 2. The molecule has 1 atom stereocenters. The molecule has 1 aliphatic heterocycles. The lowest BCUT2D eigenvalue weighted by molar-refractivity contribution is -0.127. The van der Waals surface area contributed by atoms with Crippen LogP contribution in [0.5, 0.6) is 5.75 Å². The van der Waals surface area contributed by atoms with Gasteiger partial charge >= 0.3 is 0 Å². The van der Waals surface area contributed by atoms with Crippen LogP contribution >= 0.6 is 0 Å². The summed E-state index contributed by atoms with van der Waals surface area (Å²) < 4.78 is 10.9. The first-order chi connectivity index (χ1) is 13.9. The number of fused-ring (bicyclic) bond motifs is 1. The smallest absolute Gasteiger partial charge is 0.257 e. The second-order valence-corrected chi connectivity index (χ2v) is 7.25. The zero-order chi connectivity index (χ0) is 21.0. The van der Waals surface area contributed by atoms with Crippen molar-refractivity contribution in [2.24, 2.45) is 5.73 Å². The highest BCUT2D eigenvalue weighted by molar-refractivity contribution is 6.01. The van der Waals surface area contributed by atoms with Gasteiger partial charge in [0.15, 0.2) is 0 Å². The number of nitrogens with zero attached hydrogens (tertiary/aromatic N) is 2. The average Bonchev–Trinajstić information content (AvgIpc) is 2.70. The van der Waals surface area contributed by atoms with E-state index in [-0.39, 0.29) is 5.91 Å². The summed E-state index contributed by atoms with van der Waals surface area (Å²) in [5.74, 6) is 0.245. The van der Waals surface area contributed by atoms with E-state index in [1.165, 1.54) is 7.11 Å². The second-order valence-electron chi connectivity index (χ2n) is 7.25. The molecule has 2 aromatic rings. The maximum atomic E-state index is 12.8. The first-order valence-electron chi connectivity index (χ1n) is 9.54. The summed E-state index contributed by atoms with van der Waals surface area (Å²) in [4.78, 5) is 27.9. The van der Waals surface area contributed by atoms with Crippen LogP contribution in [0.4, 0.5) is 5.69 Å². The fourth-order valence-corrected chi connectivity index (χ4v) is 3.40. The molecule has 7 nitrogen and oxygen atoms in total. The number of hydrogen-bond acceptors (Lipinski definition) is 5. The van der Waals surface area contributed by atoms with E-state index in [0.29, 0.717) is 32.0 Å². The Labute approximate surface area is 171 Å². The molecule has 0 saturated heterocycles. The normalized spacial score (nSPS) is 14.5. The molecule has 0 aliphatic carbocycles. The Bertz CT molecular complexity index is 882. The minimum Gasteiger partial charge on any atom is -0.492 e. The van der Waals surface area contributed by atoms with Crippen LogP contribution < -0.4 is 15.4 Å². The van der Waals surface area contributed by atoms with Crippen molar-refractivity contribution in [3.63, 3.8) is 0 Å². The number of amides is 2. The molecule has 2 aromatic carbocycles. The highest BCUT2D eigenvalue weighted by Gasteiger charge is 2.27. The third-order valence-electron chi connectivity index (χ3n) is 5.04. The van der Waals surface area contributed by atoms with Crippen LogP contribution in [0, 0.1) is 6.92 Å². The summed E-state index contributed by atoms with van der Waals surface area (Å²) in [7, 11) is 3.44. The summed E-state index contributed by atoms with van der Waals surface area (Å²) in [6.45, 7) is 3.40. The van der Waals surface area contributed by atoms with E-state index in [4.69, 9.17) is 15.2 Å². The molecule has 29 heavy (non-hydrogen) atoms. The van der Waals surface area contributed by atoms with Gasteiger partial charge in [0.1, 0.15) is 18.5 Å². The number of hydrogen-bond donors (Lipinski definition) is 1. The summed E-state index contributed by atoms with van der Waals surface area (Å²) in [5.41, 5.74) is 8.98. The lowest BCUT2D eigenvalue weighted by Gasteiger charge is -2.35. The zero-order valence-electron chi connectivity index (χ0n) is 17.1. The highest BCUT2D eigenvalue weighted by atomic mass is 16.5. The van der Waals surface area contributed by atoms with Crippen molar-refractivity contribution >= 4 is 17.5 Å². The number of anilines is 1. The quantitative estimate of drug-likeness (QED) is 0.736. The standard InChI is InChI=1S/C22H27N3O4/c1-15-4-9-19-18(12-15)22(27)25(14-24(19)2)10-11-29-17-7-5-16(6-8-17)13-20(28-3)21(23)26/h4-9,12,20H,10-11,13-14H2,1-3H3,(H2,23,26). The minimum absolute atomic E-state index is 0.0257. The van der Waals surface area contributed by atoms with Gasteiger partial charge in [-0.2, -0.15) is 0 Å². The first kappa shape index (κ1) is 20.7. The van der Waals surface area contributed by atoms with Crippen LogP contribution in [0.15, 0.2) is 42.5 Å². The zero-order valence-corrected chi connectivity index (χ0v) is 17.1. The minimum atomic E-state index is -0.643. The second kappa shape index (κ2) is 8.96. The predicted molar refractivity (Wildman–Crippen MR) is 111 cm³/mol. The Balaban J connectivity index is 1.55. The van der Waals surface area contributed by atoms with Gasteiger partial charge < -0.3 is 25.0 Å². The number of rotatable bonds is 8. The van der Waals surface area contributed by atoms with Crippen LogP contribution in [0.1, 0.15) is 21.5 Å². The molecular weight excluding hydrogens is 370 g/mol. The van der Waals surface area contributed by atoms with Gasteiger partial charge in [0, 0.05) is 20.6 Å². The van der Waals surface area contributed by atoms with Crippen LogP contribution in [0.3, 0.4) is 0 Å². The van der Waals surface area contributed by atoms with Crippen molar-refractivity contribution in [3.8, 4) is 5.75 Å². The maximum absolute atomic E-state index is 12.8. The van der Waals surface area contributed by atoms with Gasteiger partial charge in [0.2, 0.25) is 5.91 Å². The Morgan fingerprint density at radius 2 is 1.93 bits per heavy atom. The number of aryl methyl sites for hydroxylation is 1. The van der Waals surface area contributed by atoms with E-state index in [9.17, 15) is 9.59 Å². The van der Waals surface area contributed by atoms with Gasteiger partial charge in [-0.15, -0.1) is 0 Å². The van der Waals surface area contributed by atoms with Gasteiger partial charge in [0.05, 0.1) is 24.5 Å². The molecular formula is C22H27N3O4. The molecule has 2 amide bonds. The highest BCUT2D eigenvalue weighted by Crippen LogP contribution is 2.27. The molecule has 2 N–H and O–H groups in total. The van der Waals surface area contributed by atoms with Crippen molar-refractivity contribution in [2.45, 2.75) is 19.4 Å². The average molecular weight is 397 g/mol. The van der Waals surface area contributed by atoms with Gasteiger partial charge in [-0.25, -0.2) is 0 Å². The Morgan fingerprint density at radius 1 is 1.21 bits per heavy atom. The van der Waals surface area contributed by atoms with Crippen LogP contribution in [-0.4, -0.2) is 56.8 Å². The first-order valence-corrected chi connectivity index (χ1v) is 9.54. The largest absolute Gasteiger partial charge is 0.492 e. The van der Waals surface area contributed by atoms with Crippen molar-refractivity contribution in [3.05, 3.63) is 59.2 Å². The van der Waals surface area contributed by atoms with E-state index >= 15 is 0 Å². The molecule has 154 valence electrons. The SMILES string of the molecule is COC(Cc1ccc(OCCN2CN(C)c3ccc(C)cc3C2=O)cc1)C(N)=O. The van der Waals surface area contributed by atoms with E-state index in [2.05, 4.69) is 4.90 Å². The van der Waals surface area contributed by atoms with Crippen molar-refractivity contribution < 1.29 is 19.1 Å². The summed E-state index contributed by atoms with van der Waals surface area (Å²) in [5, 5.41) is 0. The van der Waals surface area contributed by atoms with Gasteiger partial charge in [-0.05, 0) is 36.8 Å². The molecule has 0 spiro atoms. The fourth-order valence-electron chi connectivity index (χ4n) is 3.40. The molecule has 1 unspecified atom stereocenters. The molecule has 0 saturated carbocycles. The molecule has 0 fully saturated rings. The molecule has 0 bridgehead atoms. The van der Waals surface area contributed by atoms with Crippen LogP contribution in [0.2, 0.25) is 0 Å². The summed E-state index contributed by atoms with van der Waals surface area (Å²) in [6, 6.07) is 13.4. The summed E-state index contributed by atoms with van der Waals surface area (Å²) >= 11 is 0. The number of nitrogens with two attached hydrogens (primary N) is 1. The van der Waals surface area contributed by atoms with E-state index < -0.39 is 12.0 Å².